The van der Waals surface area contributed by atoms with E-state index in [0.29, 0.717) is 11.3 Å². The molecular weight excluding hydrogens is 452 g/mol. The van der Waals surface area contributed by atoms with Gasteiger partial charge in [0.15, 0.2) is 9.84 Å². The van der Waals surface area contributed by atoms with Crippen molar-refractivity contribution in [1.29, 1.82) is 0 Å². The Labute approximate surface area is 202 Å². The molecule has 0 saturated heterocycles. The Balaban J connectivity index is 1.51. The zero-order valence-corrected chi connectivity index (χ0v) is 20.4. The molecule has 182 valence electrons. The second kappa shape index (κ2) is 12.5. The van der Waals surface area contributed by atoms with E-state index in [1.807, 2.05) is 30.3 Å². The third-order valence-corrected chi connectivity index (χ3v) is 7.09. The van der Waals surface area contributed by atoms with E-state index in [2.05, 4.69) is 30.9 Å². The Morgan fingerprint density at radius 2 is 1.71 bits per heavy atom. The number of ether oxygens (including phenoxy) is 3. The van der Waals surface area contributed by atoms with Gasteiger partial charge < -0.3 is 14.2 Å². The van der Waals surface area contributed by atoms with E-state index in [1.54, 1.807) is 6.92 Å². The highest BCUT2D eigenvalue weighted by molar-refractivity contribution is 7.91. The Bertz CT molecular complexity index is 1120. The lowest BCUT2D eigenvalue weighted by Crippen LogP contribution is -2.21. The van der Waals surface area contributed by atoms with Crippen LogP contribution in [0.15, 0.2) is 60.7 Å². The summed E-state index contributed by atoms with van der Waals surface area (Å²) in [7, 11) is -3.34. The summed E-state index contributed by atoms with van der Waals surface area (Å²) in [5.41, 5.74) is 5.01. The van der Waals surface area contributed by atoms with Gasteiger partial charge in [-0.25, -0.2) is 13.2 Å². The molecular formula is C27H32O6S. The van der Waals surface area contributed by atoms with E-state index in [-0.39, 0.29) is 37.9 Å². The Hall–Kier alpha value is -2.90. The maximum atomic E-state index is 12.4. The molecule has 0 saturated carbocycles. The summed E-state index contributed by atoms with van der Waals surface area (Å²) in [6.07, 6.45) is 5.17. The first kappa shape index (κ1) is 25.7. The summed E-state index contributed by atoms with van der Waals surface area (Å²) >= 11 is 0. The Kier molecular flexibility index (Phi) is 9.48. The largest absolute Gasteiger partial charge is 0.492 e. The SMILES string of the molecule is C=C(C)C(=O)OCCOCCS(=O)(=O)CCOc1cccc2c1C=C(c1ccccc1)CCC2. The van der Waals surface area contributed by atoms with E-state index in [4.69, 9.17) is 14.2 Å². The molecule has 7 heteroatoms. The van der Waals surface area contributed by atoms with Gasteiger partial charge in [-0.3, -0.25) is 0 Å². The average Bonchev–Trinajstić information content (AvgIpc) is 3.05. The predicted molar refractivity (Wildman–Crippen MR) is 134 cm³/mol. The molecule has 0 radical (unpaired) electrons. The van der Waals surface area contributed by atoms with E-state index in [9.17, 15) is 13.2 Å². The molecule has 0 atom stereocenters. The summed E-state index contributed by atoms with van der Waals surface area (Å²) < 4.78 is 40.8. The highest BCUT2D eigenvalue weighted by atomic mass is 32.2. The lowest BCUT2D eigenvalue weighted by molar-refractivity contribution is -0.140. The number of aryl methyl sites for hydroxylation is 1. The van der Waals surface area contributed by atoms with Crippen molar-refractivity contribution in [3.8, 4) is 5.75 Å². The number of fused-ring (bicyclic) bond motifs is 1. The molecule has 3 rings (SSSR count). The molecule has 0 amide bonds. The molecule has 0 aliphatic heterocycles. The molecule has 2 aromatic rings. The van der Waals surface area contributed by atoms with Crippen LogP contribution in [0.5, 0.6) is 5.75 Å². The fraction of sp³-hybridized carbons (Fsp3) is 0.370. The van der Waals surface area contributed by atoms with Crippen molar-refractivity contribution >= 4 is 27.5 Å². The van der Waals surface area contributed by atoms with Crippen molar-refractivity contribution in [2.45, 2.75) is 26.2 Å². The first-order valence-corrected chi connectivity index (χ1v) is 13.3. The van der Waals surface area contributed by atoms with E-state index in [1.165, 1.54) is 16.7 Å². The highest BCUT2D eigenvalue weighted by Gasteiger charge is 2.16. The first-order valence-electron chi connectivity index (χ1n) is 11.5. The zero-order valence-electron chi connectivity index (χ0n) is 19.6. The summed E-state index contributed by atoms with van der Waals surface area (Å²) in [4.78, 5) is 11.3. The van der Waals surface area contributed by atoms with Crippen molar-refractivity contribution < 1.29 is 27.4 Å². The molecule has 0 heterocycles. The van der Waals surface area contributed by atoms with Gasteiger partial charge in [-0.15, -0.1) is 0 Å². The quantitative estimate of drug-likeness (QED) is 0.251. The second-order valence-electron chi connectivity index (χ2n) is 8.25. The first-order chi connectivity index (χ1) is 16.4. The van der Waals surface area contributed by atoms with Gasteiger partial charge in [-0.05, 0) is 55.0 Å². The van der Waals surface area contributed by atoms with Gasteiger partial charge in [0.25, 0.3) is 0 Å². The van der Waals surface area contributed by atoms with Crippen LogP contribution in [0.2, 0.25) is 0 Å². The van der Waals surface area contributed by atoms with Crippen LogP contribution in [-0.2, 0) is 30.5 Å². The minimum Gasteiger partial charge on any atom is -0.492 e. The van der Waals surface area contributed by atoms with Crippen LogP contribution in [0.3, 0.4) is 0 Å². The second-order valence-corrected chi connectivity index (χ2v) is 10.6. The normalized spacial score (nSPS) is 13.4. The van der Waals surface area contributed by atoms with Gasteiger partial charge in [0, 0.05) is 11.1 Å². The van der Waals surface area contributed by atoms with Crippen molar-refractivity contribution in [1.82, 2.24) is 0 Å². The topological polar surface area (TPSA) is 78.9 Å². The van der Waals surface area contributed by atoms with Crippen LogP contribution in [-0.4, -0.2) is 52.3 Å². The monoisotopic (exact) mass is 484 g/mol. The molecule has 0 N–H and O–H groups in total. The number of carbonyl (C=O) groups excluding carboxylic acids is 1. The van der Waals surface area contributed by atoms with E-state index < -0.39 is 15.8 Å². The third-order valence-electron chi connectivity index (χ3n) is 5.51. The average molecular weight is 485 g/mol. The van der Waals surface area contributed by atoms with Gasteiger partial charge in [-0.2, -0.15) is 0 Å². The van der Waals surface area contributed by atoms with Crippen LogP contribution < -0.4 is 4.74 Å². The summed E-state index contributed by atoms with van der Waals surface area (Å²) in [5.74, 6) is 0.00637. The van der Waals surface area contributed by atoms with Gasteiger partial charge in [-0.1, -0.05) is 49.0 Å². The number of rotatable bonds is 12. The van der Waals surface area contributed by atoms with Crippen LogP contribution in [0.4, 0.5) is 0 Å². The maximum Gasteiger partial charge on any atom is 0.333 e. The summed E-state index contributed by atoms with van der Waals surface area (Å²) in [5, 5.41) is 0. The van der Waals surface area contributed by atoms with E-state index >= 15 is 0 Å². The molecule has 0 bridgehead atoms. The van der Waals surface area contributed by atoms with Crippen molar-refractivity contribution in [2.24, 2.45) is 0 Å². The molecule has 0 spiro atoms. The van der Waals surface area contributed by atoms with Crippen LogP contribution >= 0.6 is 0 Å². The fourth-order valence-electron chi connectivity index (χ4n) is 3.68. The smallest absolute Gasteiger partial charge is 0.333 e. The number of sulfone groups is 1. The lowest BCUT2D eigenvalue weighted by Gasteiger charge is -2.13. The highest BCUT2D eigenvalue weighted by Crippen LogP contribution is 2.34. The van der Waals surface area contributed by atoms with Crippen molar-refractivity contribution in [3.05, 3.63) is 77.4 Å². The predicted octanol–water partition coefficient (Wildman–Crippen LogP) is 4.49. The summed E-state index contributed by atoms with van der Waals surface area (Å²) in [6, 6.07) is 16.3. The van der Waals surface area contributed by atoms with Crippen LogP contribution in [0.1, 0.15) is 36.5 Å². The molecule has 1 aliphatic carbocycles. The number of hydrogen-bond acceptors (Lipinski definition) is 6. The van der Waals surface area contributed by atoms with Gasteiger partial charge >= 0.3 is 5.97 Å². The van der Waals surface area contributed by atoms with Crippen LogP contribution in [0.25, 0.3) is 11.6 Å². The van der Waals surface area contributed by atoms with Crippen molar-refractivity contribution in [3.63, 3.8) is 0 Å². The molecule has 34 heavy (non-hydrogen) atoms. The molecule has 0 fully saturated rings. The standard InChI is InChI=1S/C27H32O6S/c1-21(2)27(28)33-15-14-31-16-18-34(29,30)19-17-32-26-13-7-11-23-10-6-12-24(20-25(23)26)22-8-4-3-5-9-22/h3-5,7-9,11,13,20H,1,6,10,12,14-19H2,2H3. The number of hydrogen-bond donors (Lipinski definition) is 0. The van der Waals surface area contributed by atoms with Gasteiger partial charge in [0.05, 0.1) is 24.7 Å². The number of allylic oxidation sites excluding steroid dienone is 1. The van der Waals surface area contributed by atoms with Crippen LogP contribution in [0, 0.1) is 0 Å². The fourth-order valence-corrected chi connectivity index (χ4v) is 4.59. The van der Waals surface area contributed by atoms with E-state index in [0.717, 1.165) is 24.8 Å². The number of esters is 1. The molecule has 2 aromatic carbocycles. The summed E-state index contributed by atoms with van der Waals surface area (Å²) in [6.45, 7) is 5.36. The number of carbonyl (C=O) groups is 1. The minimum absolute atomic E-state index is 0.0386. The molecule has 0 unspecified atom stereocenters. The zero-order chi connectivity index (χ0) is 24.4. The Morgan fingerprint density at radius 1 is 0.941 bits per heavy atom. The number of benzene rings is 2. The molecule has 0 aromatic heterocycles. The van der Waals surface area contributed by atoms with Gasteiger partial charge in [0.1, 0.15) is 19.0 Å². The maximum absolute atomic E-state index is 12.4. The Morgan fingerprint density at radius 3 is 2.47 bits per heavy atom. The molecule has 6 nitrogen and oxygen atoms in total. The van der Waals surface area contributed by atoms with Gasteiger partial charge in [0.2, 0.25) is 0 Å². The minimum atomic E-state index is -3.34. The third kappa shape index (κ3) is 7.85. The lowest BCUT2D eigenvalue weighted by atomic mass is 10.0. The van der Waals surface area contributed by atoms with Crippen molar-refractivity contribution in [2.75, 3.05) is 37.9 Å². The molecule has 1 aliphatic rings.